The van der Waals surface area contributed by atoms with Crippen LogP contribution in [-0.4, -0.2) is 34.2 Å². The third-order valence-electron chi connectivity index (χ3n) is 3.97. The number of aromatic nitrogens is 1. The standard InChI is InChI=1S/C14H20N2O4/c1-6-5-10(12(15-6)14(18)19)16-13(17)11-7(2)8(3)20-9(11)4/h5,7-9,11,15H,1-4H3,(H,16,17)(H,18,19). The van der Waals surface area contributed by atoms with Crippen molar-refractivity contribution in [3.05, 3.63) is 17.5 Å². The van der Waals surface area contributed by atoms with Crippen LogP contribution in [0.3, 0.4) is 0 Å². The van der Waals surface area contributed by atoms with Gasteiger partial charge in [0, 0.05) is 5.69 Å². The minimum atomic E-state index is -1.09. The van der Waals surface area contributed by atoms with E-state index >= 15 is 0 Å². The van der Waals surface area contributed by atoms with Gasteiger partial charge in [0.1, 0.15) is 5.69 Å². The first-order chi connectivity index (χ1) is 9.31. The Bertz CT molecular complexity index is 537. The molecule has 6 nitrogen and oxygen atoms in total. The van der Waals surface area contributed by atoms with E-state index in [-0.39, 0.29) is 35.6 Å². The topological polar surface area (TPSA) is 91.4 Å². The van der Waals surface area contributed by atoms with Gasteiger partial charge >= 0.3 is 5.97 Å². The Labute approximate surface area is 117 Å². The van der Waals surface area contributed by atoms with Gasteiger partial charge in [0.25, 0.3) is 0 Å². The largest absolute Gasteiger partial charge is 0.477 e. The molecule has 0 aromatic carbocycles. The number of hydrogen-bond acceptors (Lipinski definition) is 3. The molecule has 4 unspecified atom stereocenters. The first kappa shape index (κ1) is 14.6. The Kier molecular flexibility index (Phi) is 3.85. The van der Waals surface area contributed by atoms with E-state index in [9.17, 15) is 9.59 Å². The van der Waals surface area contributed by atoms with E-state index in [0.29, 0.717) is 11.4 Å². The molecule has 1 amide bonds. The van der Waals surface area contributed by atoms with E-state index in [1.807, 2.05) is 20.8 Å². The smallest absolute Gasteiger partial charge is 0.354 e. The van der Waals surface area contributed by atoms with Crippen LogP contribution in [0.15, 0.2) is 6.07 Å². The molecule has 1 aromatic rings. The van der Waals surface area contributed by atoms with E-state index in [0.717, 1.165) is 0 Å². The van der Waals surface area contributed by atoms with E-state index in [4.69, 9.17) is 9.84 Å². The van der Waals surface area contributed by atoms with Gasteiger partial charge < -0.3 is 20.1 Å². The second-order valence-corrected chi connectivity index (χ2v) is 5.47. The van der Waals surface area contributed by atoms with Crippen LogP contribution in [0.1, 0.15) is 37.0 Å². The van der Waals surface area contributed by atoms with E-state index in [1.165, 1.54) is 0 Å². The number of amides is 1. The number of ether oxygens (including phenoxy) is 1. The van der Waals surface area contributed by atoms with Gasteiger partial charge in [0.15, 0.2) is 0 Å². The van der Waals surface area contributed by atoms with Crippen LogP contribution in [0.2, 0.25) is 0 Å². The minimum absolute atomic E-state index is 0.00289. The van der Waals surface area contributed by atoms with Gasteiger partial charge in [-0.3, -0.25) is 4.79 Å². The number of aromatic amines is 1. The highest BCUT2D eigenvalue weighted by molar-refractivity contribution is 6.00. The van der Waals surface area contributed by atoms with Crippen molar-refractivity contribution in [2.24, 2.45) is 11.8 Å². The summed E-state index contributed by atoms with van der Waals surface area (Å²) < 4.78 is 5.64. The summed E-state index contributed by atoms with van der Waals surface area (Å²) in [5, 5.41) is 11.8. The number of nitrogens with one attached hydrogen (secondary N) is 2. The summed E-state index contributed by atoms with van der Waals surface area (Å²) in [4.78, 5) is 26.2. The van der Waals surface area contributed by atoms with Crippen LogP contribution >= 0.6 is 0 Å². The monoisotopic (exact) mass is 280 g/mol. The van der Waals surface area contributed by atoms with Gasteiger partial charge in [0.2, 0.25) is 5.91 Å². The maximum absolute atomic E-state index is 12.4. The number of hydrogen-bond donors (Lipinski definition) is 3. The quantitative estimate of drug-likeness (QED) is 0.790. The van der Waals surface area contributed by atoms with Crippen molar-refractivity contribution in [2.45, 2.75) is 39.9 Å². The number of aromatic carboxylic acids is 1. The summed E-state index contributed by atoms with van der Waals surface area (Å²) in [5.41, 5.74) is 0.997. The normalized spacial score (nSPS) is 29.4. The molecule has 2 rings (SSSR count). The number of carboxylic acid groups (broad SMARTS) is 1. The van der Waals surface area contributed by atoms with Gasteiger partial charge in [-0.05, 0) is 32.8 Å². The predicted molar refractivity (Wildman–Crippen MR) is 73.8 cm³/mol. The number of carboxylic acids is 1. The Morgan fingerprint density at radius 1 is 1.30 bits per heavy atom. The van der Waals surface area contributed by atoms with Crippen LogP contribution in [0.25, 0.3) is 0 Å². The Morgan fingerprint density at radius 2 is 1.95 bits per heavy atom. The van der Waals surface area contributed by atoms with Gasteiger partial charge in [0.05, 0.1) is 23.8 Å². The van der Waals surface area contributed by atoms with Crippen molar-refractivity contribution in [2.75, 3.05) is 5.32 Å². The molecule has 1 aromatic heterocycles. The second kappa shape index (κ2) is 5.28. The van der Waals surface area contributed by atoms with Crippen molar-refractivity contribution in [1.29, 1.82) is 0 Å². The maximum atomic E-state index is 12.4. The van der Waals surface area contributed by atoms with Crippen molar-refractivity contribution >= 4 is 17.6 Å². The molecule has 3 N–H and O–H groups in total. The number of anilines is 1. The maximum Gasteiger partial charge on any atom is 0.354 e. The van der Waals surface area contributed by atoms with Crippen LogP contribution in [0.4, 0.5) is 5.69 Å². The molecule has 2 heterocycles. The van der Waals surface area contributed by atoms with Crippen LogP contribution in [0, 0.1) is 18.8 Å². The average Bonchev–Trinajstić information content (AvgIpc) is 2.80. The lowest BCUT2D eigenvalue weighted by Gasteiger charge is -2.17. The molecule has 110 valence electrons. The van der Waals surface area contributed by atoms with Gasteiger partial charge in [-0.2, -0.15) is 0 Å². The predicted octanol–water partition coefficient (Wildman–Crippen LogP) is 2.02. The van der Waals surface area contributed by atoms with E-state index < -0.39 is 5.97 Å². The molecule has 1 saturated heterocycles. The molecule has 4 atom stereocenters. The van der Waals surface area contributed by atoms with Crippen LogP contribution in [-0.2, 0) is 9.53 Å². The van der Waals surface area contributed by atoms with Crippen LogP contribution in [0.5, 0.6) is 0 Å². The molecule has 0 spiro atoms. The number of carbonyl (C=O) groups is 2. The fourth-order valence-corrected chi connectivity index (χ4v) is 2.79. The van der Waals surface area contributed by atoms with Crippen LogP contribution < -0.4 is 5.32 Å². The molecule has 0 aliphatic carbocycles. The van der Waals surface area contributed by atoms with E-state index in [1.54, 1.807) is 13.0 Å². The summed E-state index contributed by atoms with van der Waals surface area (Å²) in [6, 6.07) is 1.62. The minimum Gasteiger partial charge on any atom is -0.477 e. The van der Waals surface area contributed by atoms with Crippen molar-refractivity contribution in [1.82, 2.24) is 4.98 Å². The van der Waals surface area contributed by atoms with Gasteiger partial charge in [-0.1, -0.05) is 6.92 Å². The van der Waals surface area contributed by atoms with E-state index in [2.05, 4.69) is 10.3 Å². The SMILES string of the molecule is Cc1cc(NC(=O)C2C(C)OC(C)C2C)c(C(=O)O)[nH]1. The van der Waals surface area contributed by atoms with Crippen molar-refractivity contribution < 1.29 is 19.4 Å². The summed E-state index contributed by atoms with van der Waals surface area (Å²) in [6.45, 7) is 7.52. The first-order valence-corrected chi connectivity index (χ1v) is 6.70. The molecule has 0 bridgehead atoms. The average molecular weight is 280 g/mol. The highest BCUT2D eigenvalue weighted by Gasteiger charge is 2.41. The third-order valence-corrected chi connectivity index (χ3v) is 3.97. The molecule has 1 fully saturated rings. The van der Waals surface area contributed by atoms with Crippen molar-refractivity contribution in [3.63, 3.8) is 0 Å². The molecule has 1 aliphatic heterocycles. The zero-order chi connectivity index (χ0) is 15.0. The van der Waals surface area contributed by atoms with Gasteiger partial charge in [-0.25, -0.2) is 4.79 Å². The summed E-state index contributed by atoms with van der Waals surface area (Å²) in [7, 11) is 0. The molecular weight excluding hydrogens is 260 g/mol. The fraction of sp³-hybridized carbons (Fsp3) is 0.571. The highest BCUT2D eigenvalue weighted by Crippen LogP contribution is 2.33. The number of H-pyrrole nitrogens is 1. The first-order valence-electron chi connectivity index (χ1n) is 6.70. The lowest BCUT2D eigenvalue weighted by molar-refractivity contribution is -0.121. The third kappa shape index (κ3) is 2.56. The summed E-state index contributed by atoms with van der Waals surface area (Å²) >= 11 is 0. The zero-order valence-electron chi connectivity index (χ0n) is 12.1. The summed E-state index contributed by atoms with van der Waals surface area (Å²) in [6.07, 6.45) is -0.152. The van der Waals surface area contributed by atoms with Crippen molar-refractivity contribution in [3.8, 4) is 0 Å². The molecule has 1 aliphatic rings. The Balaban J connectivity index is 2.18. The lowest BCUT2D eigenvalue weighted by Crippen LogP contribution is -2.32. The molecular formula is C14H20N2O4. The zero-order valence-corrected chi connectivity index (χ0v) is 12.1. The molecule has 0 radical (unpaired) electrons. The molecule has 6 heteroatoms. The Hall–Kier alpha value is -1.82. The lowest BCUT2D eigenvalue weighted by atomic mass is 9.89. The Morgan fingerprint density at radius 3 is 2.45 bits per heavy atom. The number of carbonyl (C=O) groups excluding carboxylic acids is 1. The highest BCUT2D eigenvalue weighted by atomic mass is 16.5. The van der Waals surface area contributed by atoms with Gasteiger partial charge in [-0.15, -0.1) is 0 Å². The second-order valence-electron chi connectivity index (χ2n) is 5.47. The molecule has 0 saturated carbocycles. The fourth-order valence-electron chi connectivity index (χ4n) is 2.79. The summed E-state index contributed by atoms with van der Waals surface area (Å²) in [5.74, 6) is -1.47. The number of rotatable bonds is 3. The number of aryl methyl sites for hydroxylation is 1. The molecule has 20 heavy (non-hydrogen) atoms.